The maximum atomic E-state index is 11.8. The van der Waals surface area contributed by atoms with Gasteiger partial charge in [-0.3, -0.25) is 4.79 Å². The van der Waals surface area contributed by atoms with E-state index in [1.807, 2.05) is 26.0 Å². The smallest absolute Gasteiger partial charge is 0.309 e. The van der Waals surface area contributed by atoms with Gasteiger partial charge in [-0.05, 0) is 49.9 Å². The highest BCUT2D eigenvalue weighted by molar-refractivity contribution is 5.75. The van der Waals surface area contributed by atoms with Crippen LogP contribution < -0.4 is 9.47 Å². The topological polar surface area (TPSA) is 44.8 Å². The highest BCUT2D eigenvalue weighted by Crippen LogP contribution is 2.37. The van der Waals surface area contributed by atoms with Crippen molar-refractivity contribution in [3.8, 4) is 11.5 Å². The monoisotopic (exact) mass is 264 g/mol. The molecule has 0 spiro atoms. The van der Waals surface area contributed by atoms with E-state index >= 15 is 0 Å². The van der Waals surface area contributed by atoms with Gasteiger partial charge < -0.3 is 14.2 Å². The summed E-state index contributed by atoms with van der Waals surface area (Å²) in [4.78, 5) is 11.8. The summed E-state index contributed by atoms with van der Waals surface area (Å²) in [7, 11) is 1.63. The Kier molecular flexibility index (Phi) is 4.30. The molecule has 4 heteroatoms. The van der Waals surface area contributed by atoms with E-state index in [-0.39, 0.29) is 11.9 Å². The van der Waals surface area contributed by atoms with Gasteiger partial charge in [-0.2, -0.15) is 0 Å². The molecule has 0 aliphatic heterocycles. The number of rotatable bonds is 5. The van der Waals surface area contributed by atoms with Crippen molar-refractivity contribution in [3.05, 3.63) is 23.3 Å². The number of benzene rings is 1. The fraction of sp³-hybridized carbons (Fsp3) is 0.533. The van der Waals surface area contributed by atoms with Gasteiger partial charge in [0.1, 0.15) is 0 Å². The Morgan fingerprint density at radius 3 is 2.32 bits per heavy atom. The Morgan fingerprint density at radius 1 is 1.16 bits per heavy atom. The van der Waals surface area contributed by atoms with Crippen molar-refractivity contribution in [1.29, 1.82) is 0 Å². The molecule has 4 nitrogen and oxygen atoms in total. The van der Waals surface area contributed by atoms with E-state index < -0.39 is 0 Å². The number of esters is 1. The van der Waals surface area contributed by atoms with Crippen molar-refractivity contribution in [1.82, 2.24) is 0 Å². The number of hydrogen-bond acceptors (Lipinski definition) is 4. The molecule has 0 saturated heterocycles. The molecule has 2 rings (SSSR count). The zero-order chi connectivity index (χ0) is 13.8. The molecule has 0 amide bonds. The Bertz CT molecular complexity index is 467. The average molecular weight is 264 g/mol. The van der Waals surface area contributed by atoms with Crippen LogP contribution >= 0.6 is 0 Å². The molecule has 1 aliphatic rings. The van der Waals surface area contributed by atoms with Crippen LogP contribution in [0.1, 0.15) is 25.0 Å². The summed E-state index contributed by atoms with van der Waals surface area (Å²) in [6.07, 6.45) is 1.44. The SMILES string of the molecule is CCOC(=O)C1Cc2cc(OC)c(OCC)cc2C1. The van der Waals surface area contributed by atoms with Crippen molar-refractivity contribution < 1.29 is 19.0 Å². The minimum absolute atomic E-state index is 0.0727. The quantitative estimate of drug-likeness (QED) is 0.766. The number of fused-ring (bicyclic) bond motifs is 1. The van der Waals surface area contributed by atoms with Crippen LogP contribution in [-0.4, -0.2) is 26.3 Å². The van der Waals surface area contributed by atoms with Gasteiger partial charge >= 0.3 is 5.97 Å². The molecular formula is C15H20O4. The average Bonchev–Trinajstić information content (AvgIpc) is 2.81. The number of methoxy groups -OCH3 is 1. The molecule has 104 valence electrons. The lowest BCUT2D eigenvalue weighted by atomic mass is 10.1. The van der Waals surface area contributed by atoms with Crippen molar-refractivity contribution in [2.45, 2.75) is 26.7 Å². The number of ether oxygens (including phenoxy) is 3. The van der Waals surface area contributed by atoms with E-state index in [1.54, 1.807) is 7.11 Å². The Balaban J connectivity index is 2.20. The third kappa shape index (κ3) is 2.83. The Hall–Kier alpha value is -1.71. The summed E-state index contributed by atoms with van der Waals surface area (Å²) in [5, 5.41) is 0. The molecule has 0 fully saturated rings. The third-order valence-electron chi connectivity index (χ3n) is 3.34. The first-order valence-corrected chi connectivity index (χ1v) is 6.68. The molecule has 0 bridgehead atoms. The lowest BCUT2D eigenvalue weighted by molar-refractivity contribution is -0.147. The van der Waals surface area contributed by atoms with Crippen molar-refractivity contribution in [2.24, 2.45) is 5.92 Å². The van der Waals surface area contributed by atoms with E-state index in [9.17, 15) is 4.79 Å². The molecule has 1 atom stereocenters. The minimum atomic E-state index is -0.115. The molecular weight excluding hydrogens is 244 g/mol. The van der Waals surface area contributed by atoms with Crippen LogP contribution in [0.25, 0.3) is 0 Å². The van der Waals surface area contributed by atoms with Gasteiger partial charge in [-0.25, -0.2) is 0 Å². The summed E-state index contributed by atoms with van der Waals surface area (Å²) >= 11 is 0. The summed E-state index contributed by atoms with van der Waals surface area (Å²) in [5.74, 6) is 1.28. The molecule has 1 aromatic carbocycles. The molecule has 0 N–H and O–H groups in total. The van der Waals surface area contributed by atoms with Crippen molar-refractivity contribution >= 4 is 5.97 Å². The highest BCUT2D eigenvalue weighted by Gasteiger charge is 2.29. The van der Waals surface area contributed by atoms with E-state index in [4.69, 9.17) is 14.2 Å². The molecule has 1 unspecified atom stereocenters. The lowest BCUT2D eigenvalue weighted by Crippen LogP contribution is -2.17. The van der Waals surface area contributed by atoms with Crippen LogP contribution in [-0.2, 0) is 22.4 Å². The zero-order valence-electron chi connectivity index (χ0n) is 11.7. The van der Waals surface area contributed by atoms with Gasteiger partial charge in [-0.15, -0.1) is 0 Å². The maximum absolute atomic E-state index is 11.8. The molecule has 1 aromatic rings. The van der Waals surface area contributed by atoms with Crippen LogP contribution in [0.4, 0.5) is 0 Å². The summed E-state index contributed by atoms with van der Waals surface area (Å²) in [6.45, 7) is 4.79. The summed E-state index contributed by atoms with van der Waals surface area (Å²) < 4.78 is 16.0. The van der Waals surface area contributed by atoms with Crippen molar-refractivity contribution in [3.63, 3.8) is 0 Å². The van der Waals surface area contributed by atoms with Crippen LogP contribution in [0.2, 0.25) is 0 Å². The van der Waals surface area contributed by atoms with Crippen LogP contribution in [0.5, 0.6) is 11.5 Å². The fourth-order valence-corrected chi connectivity index (χ4v) is 2.48. The molecule has 0 aromatic heterocycles. The first-order valence-electron chi connectivity index (χ1n) is 6.68. The maximum Gasteiger partial charge on any atom is 0.309 e. The van der Waals surface area contributed by atoms with Crippen LogP contribution in [0.3, 0.4) is 0 Å². The molecule has 0 saturated carbocycles. The molecule has 19 heavy (non-hydrogen) atoms. The van der Waals surface area contributed by atoms with E-state index in [2.05, 4.69) is 0 Å². The van der Waals surface area contributed by atoms with Crippen LogP contribution in [0.15, 0.2) is 12.1 Å². The standard InChI is InChI=1S/C15H20O4/c1-4-18-14-9-11-7-12(15(16)19-5-2)6-10(11)8-13(14)17-3/h8-9,12H,4-7H2,1-3H3. The van der Waals surface area contributed by atoms with Gasteiger partial charge in [-0.1, -0.05) is 0 Å². The molecule has 0 heterocycles. The number of carbonyl (C=O) groups is 1. The third-order valence-corrected chi connectivity index (χ3v) is 3.34. The predicted molar refractivity (Wildman–Crippen MR) is 71.7 cm³/mol. The van der Waals surface area contributed by atoms with E-state index in [0.717, 1.165) is 35.5 Å². The first kappa shape index (κ1) is 13.7. The van der Waals surface area contributed by atoms with Gasteiger partial charge in [0.2, 0.25) is 0 Å². The van der Waals surface area contributed by atoms with E-state index in [0.29, 0.717) is 13.2 Å². The summed E-state index contributed by atoms with van der Waals surface area (Å²) in [6, 6.07) is 3.95. The predicted octanol–water partition coefficient (Wildman–Crippen LogP) is 2.37. The van der Waals surface area contributed by atoms with E-state index in [1.165, 1.54) is 0 Å². The van der Waals surface area contributed by atoms with Gasteiger partial charge in [0.25, 0.3) is 0 Å². The highest BCUT2D eigenvalue weighted by atomic mass is 16.5. The molecule has 0 radical (unpaired) electrons. The zero-order valence-corrected chi connectivity index (χ0v) is 11.7. The van der Waals surface area contributed by atoms with Gasteiger partial charge in [0.15, 0.2) is 11.5 Å². The largest absolute Gasteiger partial charge is 0.493 e. The Morgan fingerprint density at radius 2 is 1.79 bits per heavy atom. The number of hydrogen-bond donors (Lipinski definition) is 0. The van der Waals surface area contributed by atoms with Crippen molar-refractivity contribution in [2.75, 3.05) is 20.3 Å². The lowest BCUT2D eigenvalue weighted by Gasteiger charge is -2.11. The first-order chi connectivity index (χ1) is 9.19. The second-order valence-corrected chi connectivity index (χ2v) is 4.56. The minimum Gasteiger partial charge on any atom is -0.493 e. The summed E-state index contributed by atoms with van der Waals surface area (Å²) in [5.41, 5.74) is 2.31. The van der Waals surface area contributed by atoms with Crippen LogP contribution in [0, 0.1) is 5.92 Å². The Labute approximate surface area is 113 Å². The fourth-order valence-electron chi connectivity index (χ4n) is 2.48. The second kappa shape index (κ2) is 5.95. The second-order valence-electron chi connectivity index (χ2n) is 4.56. The molecule has 1 aliphatic carbocycles. The normalized spacial score (nSPS) is 16.9. The number of carbonyl (C=O) groups excluding carboxylic acids is 1. The van der Waals surface area contributed by atoms with Gasteiger partial charge in [0, 0.05) is 0 Å². The van der Waals surface area contributed by atoms with Gasteiger partial charge in [0.05, 0.1) is 26.2 Å².